The van der Waals surface area contributed by atoms with Crippen LogP contribution in [0.25, 0.3) is 0 Å². The van der Waals surface area contributed by atoms with Crippen molar-refractivity contribution in [2.45, 2.75) is 63.0 Å². The number of ketones is 2. The highest BCUT2D eigenvalue weighted by Crippen LogP contribution is 2.63. The highest BCUT2D eigenvalue weighted by Gasteiger charge is 2.59. The Labute approximate surface area is 132 Å². The highest BCUT2D eigenvalue weighted by atomic mass is 32.1. The average molecular weight is 304 g/mol. The molecule has 0 aromatic rings. The monoisotopic (exact) mass is 304 g/mol. The third-order valence-electron chi connectivity index (χ3n) is 7.15. The Morgan fingerprint density at radius 2 is 1.86 bits per heavy atom. The second-order valence-corrected chi connectivity index (χ2v) is 8.69. The summed E-state index contributed by atoms with van der Waals surface area (Å²) >= 11 is 5.11. The van der Waals surface area contributed by atoms with Crippen molar-refractivity contribution in [1.82, 2.24) is 0 Å². The summed E-state index contributed by atoms with van der Waals surface area (Å²) in [7, 11) is 0. The molecular formula is C18H24O2S. The molecule has 0 amide bonds. The van der Waals surface area contributed by atoms with E-state index in [1.54, 1.807) is 0 Å². The van der Waals surface area contributed by atoms with Gasteiger partial charge in [0.1, 0.15) is 5.78 Å². The van der Waals surface area contributed by atoms with Gasteiger partial charge in [-0.25, -0.2) is 0 Å². The van der Waals surface area contributed by atoms with Crippen LogP contribution in [0.1, 0.15) is 58.3 Å². The number of Topliss-reactive ketones (excluding diaryl/α,β-unsaturated/α-hetero) is 1. The van der Waals surface area contributed by atoms with Crippen molar-refractivity contribution in [2.75, 3.05) is 0 Å². The zero-order chi connectivity index (χ0) is 14.8. The van der Waals surface area contributed by atoms with Crippen molar-refractivity contribution in [3.63, 3.8) is 0 Å². The maximum Gasteiger partial charge on any atom is 0.155 e. The van der Waals surface area contributed by atoms with Gasteiger partial charge in [0.2, 0.25) is 0 Å². The van der Waals surface area contributed by atoms with E-state index < -0.39 is 0 Å². The molecular weight excluding hydrogens is 280 g/mol. The maximum absolute atomic E-state index is 12.3. The first-order chi connectivity index (χ1) is 9.95. The Hall–Kier alpha value is -0.570. The van der Waals surface area contributed by atoms with Gasteiger partial charge < -0.3 is 0 Å². The lowest BCUT2D eigenvalue weighted by Gasteiger charge is -2.56. The summed E-state index contributed by atoms with van der Waals surface area (Å²) in [6, 6.07) is 0. The number of thiol groups is 1. The molecule has 0 aromatic carbocycles. The number of rotatable bonds is 0. The Balaban J connectivity index is 1.70. The SMILES string of the molecule is C[C@]12CCC3C(CCC4=CC(=O)CC[C@@]43S)C1CCC2=O. The smallest absolute Gasteiger partial charge is 0.155 e. The highest BCUT2D eigenvalue weighted by molar-refractivity contribution is 7.82. The topological polar surface area (TPSA) is 34.1 Å². The summed E-state index contributed by atoms with van der Waals surface area (Å²) < 4.78 is -0.0657. The molecule has 3 heteroatoms. The Morgan fingerprint density at radius 3 is 2.67 bits per heavy atom. The van der Waals surface area contributed by atoms with Crippen LogP contribution in [0.2, 0.25) is 0 Å². The third kappa shape index (κ3) is 1.79. The molecule has 0 saturated heterocycles. The number of fused-ring (bicyclic) bond motifs is 5. The van der Waals surface area contributed by atoms with Gasteiger partial charge in [0.15, 0.2) is 5.78 Å². The maximum atomic E-state index is 12.3. The number of carbonyl (C=O) groups is 2. The van der Waals surface area contributed by atoms with E-state index in [0.717, 1.165) is 44.9 Å². The van der Waals surface area contributed by atoms with Crippen LogP contribution in [0.15, 0.2) is 11.6 Å². The van der Waals surface area contributed by atoms with Crippen molar-refractivity contribution in [3.05, 3.63) is 11.6 Å². The van der Waals surface area contributed by atoms with Gasteiger partial charge in [-0.1, -0.05) is 12.5 Å². The molecule has 2 nitrogen and oxygen atoms in total. The van der Waals surface area contributed by atoms with Gasteiger partial charge in [-0.05, 0) is 62.4 Å². The summed E-state index contributed by atoms with van der Waals surface area (Å²) in [4.78, 5) is 24.1. The van der Waals surface area contributed by atoms with Gasteiger partial charge in [0.05, 0.1) is 0 Å². The van der Waals surface area contributed by atoms with Crippen LogP contribution < -0.4 is 0 Å². The minimum atomic E-state index is -0.0657. The molecule has 21 heavy (non-hydrogen) atoms. The molecule has 0 spiro atoms. The molecule has 3 fully saturated rings. The van der Waals surface area contributed by atoms with E-state index in [-0.39, 0.29) is 15.9 Å². The van der Waals surface area contributed by atoms with E-state index in [2.05, 4.69) is 6.92 Å². The molecule has 114 valence electrons. The van der Waals surface area contributed by atoms with Crippen molar-refractivity contribution in [1.29, 1.82) is 0 Å². The Kier molecular flexibility index (Phi) is 2.99. The molecule has 4 aliphatic rings. The van der Waals surface area contributed by atoms with Crippen molar-refractivity contribution in [2.24, 2.45) is 23.2 Å². The molecule has 3 saturated carbocycles. The number of hydrogen-bond acceptors (Lipinski definition) is 3. The standard InChI is InChI=1S/C18H24O2S/c1-17-8-7-15-13(14(17)4-5-16(17)20)3-2-11-10-12(19)6-9-18(11,15)21/h10,13-15,21H,2-9H2,1H3/t13?,14?,15?,17-,18+/m0/s1. The molecule has 3 unspecified atom stereocenters. The first kappa shape index (κ1) is 14.0. The minimum absolute atomic E-state index is 0.0585. The van der Waals surface area contributed by atoms with E-state index in [1.807, 2.05) is 6.08 Å². The zero-order valence-corrected chi connectivity index (χ0v) is 13.6. The predicted octanol–water partition coefficient (Wildman–Crippen LogP) is 3.75. The summed E-state index contributed by atoms with van der Waals surface area (Å²) in [5, 5.41) is 0. The molecule has 5 atom stereocenters. The molecule has 0 bridgehead atoms. The van der Waals surface area contributed by atoms with Crippen LogP contribution in [0.4, 0.5) is 0 Å². The van der Waals surface area contributed by atoms with Crippen LogP contribution in [-0.2, 0) is 9.59 Å². The molecule has 0 aliphatic heterocycles. The van der Waals surface area contributed by atoms with Gasteiger partial charge in [0.25, 0.3) is 0 Å². The van der Waals surface area contributed by atoms with Crippen LogP contribution in [0.3, 0.4) is 0 Å². The number of carbonyl (C=O) groups excluding carboxylic acids is 2. The lowest BCUT2D eigenvalue weighted by molar-refractivity contribution is -0.130. The van der Waals surface area contributed by atoms with Crippen LogP contribution in [0, 0.1) is 23.2 Å². The summed E-state index contributed by atoms with van der Waals surface area (Å²) in [5.74, 6) is 2.55. The fourth-order valence-corrected chi connectivity index (χ4v) is 6.56. The number of hydrogen-bond donors (Lipinski definition) is 1. The Morgan fingerprint density at radius 1 is 1.05 bits per heavy atom. The molecule has 4 aliphatic carbocycles. The fraction of sp³-hybridized carbons (Fsp3) is 0.778. The Bertz CT molecular complexity index is 551. The first-order valence-electron chi connectivity index (χ1n) is 8.45. The quantitative estimate of drug-likeness (QED) is 0.692. The average Bonchev–Trinajstić information content (AvgIpc) is 2.76. The van der Waals surface area contributed by atoms with Gasteiger partial charge in [-0.2, -0.15) is 12.6 Å². The normalized spacial score (nSPS) is 49.2. The van der Waals surface area contributed by atoms with E-state index >= 15 is 0 Å². The molecule has 0 aromatic heterocycles. The second kappa shape index (κ2) is 4.47. The summed E-state index contributed by atoms with van der Waals surface area (Å²) in [6.07, 6.45) is 9.61. The van der Waals surface area contributed by atoms with E-state index in [0.29, 0.717) is 30.0 Å². The lowest BCUT2D eigenvalue weighted by Crippen LogP contribution is -2.52. The van der Waals surface area contributed by atoms with Crippen molar-refractivity contribution < 1.29 is 9.59 Å². The van der Waals surface area contributed by atoms with Crippen LogP contribution in [-0.4, -0.2) is 16.3 Å². The van der Waals surface area contributed by atoms with Gasteiger partial charge >= 0.3 is 0 Å². The lowest BCUT2D eigenvalue weighted by atomic mass is 9.52. The zero-order valence-electron chi connectivity index (χ0n) is 12.7. The molecule has 0 radical (unpaired) electrons. The predicted molar refractivity (Wildman–Crippen MR) is 85.3 cm³/mol. The van der Waals surface area contributed by atoms with E-state index in [1.165, 1.54) is 5.57 Å². The van der Waals surface area contributed by atoms with Gasteiger partial charge in [-0.15, -0.1) is 0 Å². The first-order valence-corrected chi connectivity index (χ1v) is 8.89. The van der Waals surface area contributed by atoms with Crippen LogP contribution in [0.5, 0.6) is 0 Å². The minimum Gasteiger partial charge on any atom is -0.299 e. The van der Waals surface area contributed by atoms with Crippen molar-refractivity contribution >= 4 is 24.2 Å². The van der Waals surface area contributed by atoms with Crippen LogP contribution >= 0.6 is 12.6 Å². The van der Waals surface area contributed by atoms with Gasteiger partial charge in [0, 0.05) is 23.0 Å². The molecule has 0 heterocycles. The van der Waals surface area contributed by atoms with Gasteiger partial charge in [-0.3, -0.25) is 9.59 Å². The second-order valence-electron chi connectivity index (χ2n) is 7.89. The summed E-state index contributed by atoms with van der Waals surface area (Å²) in [6.45, 7) is 2.21. The molecule has 4 rings (SSSR count). The van der Waals surface area contributed by atoms with Crippen molar-refractivity contribution in [3.8, 4) is 0 Å². The van der Waals surface area contributed by atoms with E-state index in [4.69, 9.17) is 12.6 Å². The largest absolute Gasteiger partial charge is 0.299 e. The third-order valence-corrected chi connectivity index (χ3v) is 7.99. The van der Waals surface area contributed by atoms with E-state index in [9.17, 15) is 9.59 Å². The molecule has 0 N–H and O–H groups in total. The summed E-state index contributed by atoms with van der Waals surface area (Å²) in [5.41, 5.74) is 1.23. The fourth-order valence-electron chi connectivity index (χ4n) is 5.95.